The van der Waals surface area contributed by atoms with E-state index in [2.05, 4.69) is 10.3 Å². The van der Waals surface area contributed by atoms with Crippen molar-refractivity contribution in [3.05, 3.63) is 65.0 Å². The summed E-state index contributed by atoms with van der Waals surface area (Å²) in [6.07, 6.45) is 0. The van der Waals surface area contributed by atoms with E-state index in [0.29, 0.717) is 23.5 Å². The SMILES string of the molecule is CCOc1ccc(-c2csc(NC(=O)c3ccc(F)cc3F)n2)cc1. The minimum Gasteiger partial charge on any atom is -0.494 e. The minimum atomic E-state index is -0.916. The zero-order valence-electron chi connectivity index (χ0n) is 13.3. The molecular formula is C18H14F2N2O2S. The predicted molar refractivity (Wildman–Crippen MR) is 93.0 cm³/mol. The smallest absolute Gasteiger partial charge is 0.260 e. The number of nitrogens with zero attached hydrogens (tertiary/aromatic N) is 1. The van der Waals surface area contributed by atoms with Gasteiger partial charge in [0, 0.05) is 17.0 Å². The molecule has 0 aliphatic carbocycles. The van der Waals surface area contributed by atoms with Crippen molar-refractivity contribution < 1.29 is 18.3 Å². The molecule has 4 nitrogen and oxygen atoms in total. The van der Waals surface area contributed by atoms with Crippen LogP contribution in [-0.4, -0.2) is 17.5 Å². The summed E-state index contributed by atoms with van der Waals surface area (Å²) in [6.45, 7) is 2.50. The van der Waals surface area contributed by atoms with Gasteiger partial charge in [0.1, 0.15) is 17.4 Å². The Morgan fingerprint density at radius 1 is 1.20 bits per heavy atom. The number of ether oxygens (including phenoxy) is 1. The molecule has 0 saturated heterocycles. The van der Waals surface area contributed by atoms with Gasteiger partial charge < -0.3 is 4.74 Å². The van der Waals surface area contributed by atoms with Crippen molar-refractivity contribution in [2.24, 2.45) is 0 Å². The van der Waals surface area contributed by atoms with Gasteiger partial charge in [-0.15, -0.1) is 11.3 Å². The van der Waals surface area contributed by atoms with Gasteiger partial charge in [-0.25, -0.2) is 13.8 Å². The highest BCUT2D eigenvalue weighted by atomic mass is 32.1. The van der Waals surface area contributed by atoms with Gasteiger partial charge in [0.25, 0.3) is 5.91 Å². The first-order valence-corrected chi connectivity index (χ1v) is 8.40. The lowest BCUT2D eigenvalue weighted by molar-refractivity contribution is 0.102. The molecule has 25 heavy (non-hydrogen) atoms. The second kappa shape index (κ2) is 7.40. The van der Waals surface area contributed by atoms with Crippen molar-refractivity contribution in [3.8, 4) is 17.0 Å². The molecule has 1 N–H and O–H groups in total. The molecule has 1 heterocycles. The second-order valence-corrected chi connectivity index (χ2v) is 5.93. The van der Waals surface area contributed by atoms with Crippen LogP contribution in [-0.2, 0) is 0 Å². The first-order chi connectivity index (χ1) is 12.1. The molecule has 0 unspecified atom stereocenters. The summed E-state index contributed by atoms with van der Waals surface area (Å²) >= 11 is 1.22. The number of halogens is 2. The summed E-state index contributed by atoms with van der Waals surface area (Å²) in [5.41, 5.74) is 1.32. The first-order valence-electron chi connectivity index (χ1n) is 7.52. The molecule has 0 aliphatic heterocycles. The molecule has 3 rings (SSSR count). The van der Waals surface area contributed by atoms with Crippen molar-refractivity contribution >= 4 is 22.4 Å². The maximum absolute atomic E-state index is 13.6. The molecule has 0 bridgehead atoms. The van der Waals surface area contributed by atoms with E-state index in [1.54, 1.807) is 5.38 Å². The fourth-order valence-corrected chi connectivity index (χ4v) is 2.91. The van der Waals surface area contributed by atoms with Crippen molar-refractivity contribution in [3.63, 3.8) is 0 Å². The Labute approximate surface area is 147 Å². The number of rotatable bonds is 5. The average Bonchev–Trinajstić information content (AvgIpc) is 3.04. The van der Waals surface area contributed by atoms with Crippen LogP contribution in [0.15, 0.2) is 47.8 Å². The number of carbonyl (C=O) groups excluding carboxylic acids is 1. The zero-order chi connectivity index (χ0) is 17.8. The molecule has 0 spiro atoms. The Morgan fingerprint density at radius 2 is 1.96 bits per heavy atom. The lowest BCUT2D eigenvalue weighted by atomic mass is 10.2. The lowest BCUT2D eigenvalue weighted by Gasteiger charge is -2.04. The highest BCUT2D eigenvalue weighted by Crippen LogP contribution is 2.27. The molecular weight excluding hydrogens is 346 g/mol. The molecule has 0 radical (unpaired) electrons. The van der Waals surface area contributed by atoms with Crippen LogP contribution in [0.3, 0.4) is 0 Å². The Kier molecular flexibility index (Phi) is 5.04. The number of amides is 1. The van der Waals surface area contributed by atoms with E-state index >= 15 is 0 Å². The molecule has 2 aromatic carbocycles. The van der Waals surface area contributed by atoms with Gasteiger partial charge in [-0.3, -0.25) is 10.1 Å². The number of nitrogens with one attached hydrogen (secondary N) is 1. The van der Waals surface area contributed by atoms with Crippen molar-refractivity contribution in [2.75, 3.05) is 11.9 Å². The van der Waals surface area contributed by atoms with Crippen LogP contribution in [0.5, 0.6) is 5.75 Å². The number of aromatic nitrogens is 1. The number of benzene rings is 2. The normalized spacial score (nSPS) is 10.5. The summed E-state index contributed by atoms with van der Waals surface area (Å²) in [6, 6.07) is 10.2. The van der Waals surface area contributed by atoms with Crippen LogP contribution in [0.1, 0.15) is 17.3 Å². The number of hydrogen-bond acceptors (Lipinski definition) is 4. The molecule has 0 fully saturated rings. The van der Waals surface area contributed by atoms with E-state index in [-0.39, 0.29) is 5.56 Å². The van der Waals surface area contributed by atoms with Crippen molar-refractivity contribution in [1.82, 2.24) is 4.98 Å². The predicted octanol–water partition coefficient (Wildman–Crippen LogP) is 4.74. The standard InChI is InChI=1S/C18H14F2N2O2S/c1-2-24-13-6-3-11(4-7-13)16-10-25-18(21-16)22-17(23)14-8-5-12(19)9-15(14)20/h3-10H,2H2,1H3,(H,21,22,23). The van der Waals surface area contributed by atoms with Gasteiger partial charge >= 0.3 is 0 Å². The zero-order valence-corrected chi connectivity index (χ0v) is 14.1. The summed E-state index contributed by atoms with van der Waals surface area (Å²) in [7, 11) is 0. The van der Waals surface area contributed by atoms with Crippen molar-refractivity contribution in [2.45, 2.75) is 6.92 Å². The van der Waals surface area contributed by atoms with Crippen LogP contribution in [0.2, 0.25) is 0 Å². The van der Waals surface area contributed by atoms with Gasteiger partial charge in [0.05, 0.1) is 17.9 Å². The molecule has 0 saturated carbocycles. The third-order valence-electron chi connectivity index (χ3n) is 3.36. The Hall–Kier alpha value is -2.80. The Balaban J connectivity index is 1.74. The highest BCUT2D eigenvalue weighted by molar-refractivity contribution is 7.14. The summed E-state index contributed by atoms with van der Waals surface area (Å²) in [5.74, 6) is -1.56. The van der Waals surface area contributed by atoms with E-state index < -0.39 is 17.5 Å². The fraction of sp³-hybridized carbons (Fsp3) is 0.111. The number of carbonyl (C=O) groups is 1. The second-order valence-electron chi connectivity index (χ2n) is 5.07. The average molecular weight is 360 g/mol. The summed E-state index contributed by atoms with van der Waals surface area (Å²) < 4.78 is 31.9. The number of thiazole rings is 1. The first kappa shape index (κ1) is 17.0. The molecule has 0 atom stereocenters. The van der Waals surface area contributed by atoms with Gasteiger partial charge in [-0.2, -0.15) is 0 Å². The fourth-order valence-electron chi connectivity index (χ4n) is 2.19. The summed E-state index contributed by atoms with van der Waals surface area (Å²) in [5, 5.41) is 4.64. The maximum atomic E-state index is 13.6. The lowest BCUT2D eigenvalue weighted by Crippen LogP contribution is -2.13. The largest absolute Gasteiger partial charge is 0.494 e. The van der Waals surface area contributed by atoms with Crippen LogP contribution >= 0.6 is 11.3 Å². The van der Waals surface area contributed by atoms with E-state index in [9.17, 15) is 13.6 Å². The third kappa shape index (κ3) is 4.00. The van der Waals surface area contributed by atoms with Crippen LogP contribution in [0.25, 0.3) is 11.3 Å². The Morgan fingerprint density at radius 3 is 2.64 bits per heavy atom. The van der Waals surface area contributed by atoms with Gasteiger partial charge in [0.2, 0.25) is 0 Å². The molecule has 3 aromatic rings. The van der Waals surface area contributed by atoms with Crippen molar-refractivity contribution in [1.29, 1.82) is 0 Å². The van der Waals surface area contributed by atoms with E-state index in [1.807, 2.05) is 31.2 Å². The monoisotopic (exact) mass is 360 g/mol. The molecule has 1 amide bonds. The number of hydrogen-bond donors (Lipinski definition) is 1. The van der Waals surface area contributed by atoms with E-state index in [0.717, 1.165) is 23.4 Å². The highest BCUT2D eigenvalue weighted by Gasteiger charge is 2.14. The van der Waals surface area contributed by atoms with E-state index in [1.165, 1.54) is 11.3 Å². The third-order valence-corrected chi connectivity index (χ3v) is 4.12. The molecule has 7 heteroatoms. The van der Waals surface area contributed by atoms with Gasteiger partial charge in [-0.1, -0.05) is 0 Å². The molecule has 128 valence electrons. The maximum Gasteiger partial charge on any atom is 0.260 e. The molecule has 0 aliphatic rings. The van der Waals surface area contributed by atoms with Crippen LogP contribution in [0.4, 0.5) is 13.9 Å². The summed E-state index contributed by atoms with van der Waals surface area (Å²) in [4.78, 5) is 16.4. The Bertz CT molecular complexity index is 894. The van der Waals surface area contributed by atoms with Gasteiger partial charge in [-0.05, 0) is 43.3 Å². The van der Waals surface area contributed by atoms with Crippen LogP contribution in [0, 0.1) is 11.6 Å². The van der Waals surface area contributed by atoms with Gasteiger partial charge in [0.15, 0.2) is 5.13 Å². The van der Waals surface area contributed by atoms with Crippen LogP contribution < -0.4 is 10.1 Å². The number of anilines is 1. The minimum absolute atomic E-state index is 0.237. The topological polar surface area (TPSA) is 51.2 Å². The van der Waals surface area contributed by atoms with E-state index in [4.69, 9.17) is 4.74 Å². The quantitative estimate of drug-likeness (QED) is 0.715. The molecule has 1 aromatic heterocycles.